The Balaban J connectivity index is 1.21. The highest BCUT2D eigenvalue weighted by Gasteiger charge is 2.43. The standard InChI is InChI=1S/C38H44N4O7/c1-38(2)19-27-35(29(43)20-38)36(25-17-32(45-3)37(47-5)33(18-25)46-4)42(28-9-7-6-8-26(28)39-27)22-34(44)41-14-12-40(13-15-41)21-24-10-11-30-31(16-24)49-23-48-30/h6-11,16-18,36,39H,12-15,19-23H2,1-5H3. The normalized spacial score (nSPS) is 19.9. The third-order valence-electron chi connectivity index (χ3n) is 9.88. The quantitative estimate of drug-likeness (QED) is 0.336. The Labute approximate surface area is 287 Å². The molecule has 11 heteroatoms. The number of nitrogens with zero attached hydrogens (tertiary/aromatic N) is 3. The molecular formula is C38H44N4O7. The first-order valence-electron chi connectivity index (χ1n) is 16.8. The number of anilines is 2. The minimum atomic E-state index is -0.584. The van der Waals surface area contributed by atoms with Crippen molar-refractivity contribution in [2.45, 2.75) is 39.3 Å². The first-order chi connectivity index (χ1) is 23.7. The van der Waals surface area contributed by atoms with Gasteiger partial charge < -0.3 is 38.8 Å². The number of carbonyl (C=O) groups excluding carboxylic acids is 2. The highest BCUT2D eigenvalue weighted by Crippen LogP contribution is 2.50. The van der Waals surface area contributed by atoms with E-state index in [1.54, 1.807) is 21.3 Å². The van der Waals surface area contributed by atoms with Gasteiger partial charge in [0.1, 0.15) is 0 Å². The summed E-state index contributed by atoms with van der Waals surface area (Å²) < 4.78 is 28.2. The van der Waals surface area contributed by atoms with Crippen LogP contribution in [0.2, 0.25) is 0 Å². The summed E-state index contributed by atoms with van der Waals surface area (Å²) in [5.74, 6) is 3.04. The van der Waals surface area contributed by atoms with Gasteiger partial charge in [0.05, 0.1) is 45.3 Å². The number of ketones is 1. The molecule has 11 nitrogen and oxygen atoms in total. The van der Waals surface area contributed by atoms with E-state index in [9.17, 15) is 9.59 Å². The van der Waals surface area contributed by atoms with E-state index in [4.69, 9.17) is 23.7 Å². The summed E-state index contributed by atoms with van der Waals surface area (Å²) in [6.45, 7) is 8.04. The third kappa shape index (κ3) is 6.35. The van der Waals surface area contributed by atoms with Gasteiger partial charge in [-0.15, -0.1) is 0 Å². The van der Waals surface area contributed by atoms with Crippen molar-refractivity contribution in [3.8, 4) is 28.7 Å². The fourth-order valence-corrected chi connectivity index (χ4v) is 7.53. The number of methoxy groups -OCH3 is 3. The van der Waals surface area contributed by atoms with Crippen molar-refractivity contribution in [1.29, 1.82) is 0 Å². The number of hydrogen-bond acceptors (Lipinski definition) is 10. The highest BCUT2D eigenvalue weighted by molar-refractivity contribution is 6.02. The Morgan fingerprint density at radius 3 is 2.33 bits per heavy atom. The highest BCUT2D eigenvalue weighted by atomic mass is 16.7. The molecule has 0 saturated carbocycles. The third-order valence-corrected chi connectivity index (χ3v) is 9.88. The molecule has 1 fully saturated rings. The second-order valence-electron chi connectivity index (χ2n) is 13.8. The van der Waals surface area contributed by atoms with E-state index in [-0.39, 0.29) is 30.4 Å². The second-order valence-corrected chi connectivity index (χ2v) is 13.8. The van der Waals surface area contributed by atoms with Crippen LogP contribution in [0.25, 0.3) is 0 Å². The molecule has 0 bridgehead atoms. The number of ether oxygens (including phenoxy) is 5. The van der Waals surface area contributed by atoms with Gasteiger partial charge in [0.25, 0.3) is 0 Å². The number of fused-ring (bicyclic) bond motifs is 2. The fourth-order valence-electron chi connectivity index (χ4n) is 7.53. The molecule has 3 aliphatic heterocycles. The zero-order chi connectivity index (χ0) is 34.3. The van der Waals surface area contributed by atoms with Gasteiger partial charge in [-0.05, 0) is 59.4 Å². The number of para-hydroxylation sites is 2. The zero-order valence-electron chi connectivity index (χ0n) is 28.8. The van der Waals surface area contributed by atoms with Crippen molar-refractivity contribution in [3.63, 3.8) is 0 Å². The summed E-state index contributed by atoms with van der Waals surface area (Å²) in [7, 11) is 4.73. The average molecular weight is 669 g/mol. The summed E-state index contributed by atoms with van der Waals surface area (Å²) in [6, 6.07) is 17.2. The molecule has 1 atom stereocenters. The number of carbonyl (C=O) groups is 2. The Bertz CT molecular complexity index is 1770. The number of rotatable bonds is 8. The van der Waals surface area contributed by atoms with Crippen LogP contribution >= 0.6 is 0 Å². The Morgan fingerprint density at radius 1 is 0.898 bits per heavy atom. The lowest BCUT2D eigenvalue weighted by molar-refractivity contribution is -0.131. The average Bonchev–Trinajstić information content (AvgIpc) is 3.51. The molecule has 1 unspecified atom stereocenters. The number of Topliss-reactive ketones (excluding diaryl/α,β-unsaturated/α-hetero) is 1. The van der Waals surface area contributed by atoms with Crippen LogP contribution < -0.4 is 33.9 Å². The van der Waals surface area contributed by atoms with Crippen molar-refractivity contribution >= 4 is 23.1 Å². The lowest BCUT2D eigenvalue weighted by Gasteiger charge is -2.40. The zero-order valence-corrected chi connectivity index (χ0v) is 28.8. The lowest BCUT2D eigenvalue weighted by atomic mass is 9.73. The van der Waals surface area contributed by atoms with Crippen LogP contribution in [0.3, 0.4) is 0 Å². The monoisotopic (exact) mass is 668 g/mol. The van der Waals surface area contributed by atoms with Gasteiger partial charge in [0.2, 0.25) is 18.4 Å². The Kier molecular flexibility index (Phi) is 8.79. The van der Waals surface area contributed by atoms with E-state index < -0.39 is 6.04 Å². The predicted octanol–water partition coefficient (Wildman–Crippen LogP) is 5.40. The Hall–Kier alpha value is -4.90. The number of benzene rings is 3. The molecule has 0 radical (unpaired) electrons. The van der Waals surface area contributed by atoms with Gasteiger partial charge in [0.15, 0.2) is 28.8 Å². The van der Waals surface area contributed by atoms with Crippen LogP contribution in [0.5, 0.6) is 28.7 Å². The number of nitrogens with one attached hydrogen (secondary N) is 1. The van der Waals surface area contributed by atoms with Crippen molar-refractivity contribution < 1.29 is 33.3 Å². The number of amides is 1. The van der Waals surface area contributed by atoms with E-state index in [1.807, 2.05) is 53.4 Å². The number of hydrogen-bond donors (Lipinski definition) is 1. The van der Waals surface area contributed by atoms with Gasteiger partial charge >= 0.3 is 0 Å². The molecule has 7 rings (SSSR count). The molecule has 258 valence electrons. The molecule has 3 aromatic rings. The minimum Gasteiger partial charge on any atom is -0.493 e. The maximum atomic E-state index is 14.3. The summed E-state index contributed by atoms with van der Waals surface area (Å²) in [5.41, 5.74) is 4.94. The molecule has 49 heavy (non-hydrogen) atoms. The second kappa shape index (κ2) is 13.2. The molecule has 3 heterocycles. The van der Waals surface area contributed by atoms with Crippen molar-refractivity contribution in [2.24, 2.45) is 5.41 Å². The first kappa shape index (κ1) is 32.6. The maximum Gasteiger partial charge on any atom is 0.242 e. The van der Waals surface area contributed by atoms with Crippen LogP contribution in [0.4, 0.5) is 11.4 Å². The SMILES string of the molecule is COc1cc(C2C3=C(CC(C)(C)CC3=O)Nc3ccccc3N2CC(=O)N2CCN(Cc3ccc4c(c3)OCO4)CC2)cc(OC)c1OC. The van der Waals surface area contributed by atoms with E-state index in [1.165, 1.54) is 0 Å². The molecule has 3 aromatic carbocycles. The van der Waals surface area contributed by atoms with E-state index in [2.05, 4.69) is 35.0 Å². The summed E-state index contributed by atoms with van der Waals surface area (Å²) in [4.78, 5) is 34.9. The molecular weight excluding hydrogens is 624 g/mol. The molecule has 1 amide bonds. The van der Waals surface area contributed by atoms with Gasteiger partial charge in [-0.3, -0.25) is 14.5 Å². The van der Waals surface area contributed by atoms with Crippen LogP contribution in [0.1, 0.15) is 43.9 Å². The van der Waals surface area contributed by atoms with E-state index >= 15 is 0 Å². The van der Waals surface area contributed by atoms with Gasteiger partial charge in [-0.2, -0.15) is 0 Å². The smallest absolute Gasteiger partial charge is 0.242 e. The van der Waals surface area contributed by atoms with Gasteiger partial charge in [-0.25, -0.2) is 0 Å². The van der Waals surface area contributed by atoms with Crippen LogP contribution in [-0.4, -0.2) is 82.3 Å². The van der Waals surface area contributed by atoms with E-state index in [0.29, 0.717) is 48.8 Å². The molecule has 1 aliphatic carbocycles. The van der Waals surface area contributed by atoms with Gasteiger partial charge in [-0.1, -0.05) is 32.0 Å². The maximum absolute atomic E-state index is 14.3. The van der Waals surface area contributed by atoms with Crippen LogP contribution in [0, 0.1) is 5.41 Å². The Morgan fingerprint density at radius 2 is 1.61 bits per heavy atom. The number of piperazine rings is 1. The van der Waals surface area contributed by atoms with E-state index in [0.717, 1.165) is 59.3 Å². The van der Waals surface area contributed by atoms with Gasteiger partial charge in [0, 0.05) is 50.4 Å². The topological polar surface area (TPSA) is 102 Å². The first-order valence-corrected chi connectivity index (χ1v) is 16.8. The number of allylic oxidation sites excluding steroid dienone is 1. The molecule has 0 aromatic heterocycles. The molecule has 0 spiro atoms. The summed E-state index contributed by atoms with van der Waals surface area (Å²) >= 11 is 0. The minimum absolute atomic E-state index is 0.00242. The predicted molar refractivity (Wildman–Crippen MR) is 186 cm³/mol. The van der Waals surface area contributed by atoms with Crippen molar-refractivity contribution in [1.82, 2.24) is 9.80 Å². The fraction of sp³-hybridized carbons (Fsp3) is 0.421. The summed E-state index contributed by atoms with van der Waals surface area (Å²) in [6.07, 6.45) is 1.09. The molecule has 1 N–H and O–H groups in total. The lowest BCUT2D eigenvalue weighted by Crippen LogP contribution is -2.51. The largest absolute Gasteiger partial charge is 0.493 e. The summed E-state index contributed by atoms with van der Waals surface area (Å²) in [5, 5.41) is 3.64. The van der Waals surface area contributed by atoms with Crippen LogP contribution in [0.15, 0.2) is 65.9 Å². The molecule has 1 saturated heterocycles. The molecule has 4 aliphatic rings. The van der Waals surface area contributed by atoms with Crippen LogP contribution in [-0.2, 0) is 16.1 Å². The van der Waals surface area contributed by atoms with Crippen molar-refractivity contribution in [2.75, 3.05) is 71.1 Å². The van der Waals surface area contributed by atoms with Crippen molar-refractivity contribution in [3.05, 3.63) is 77.0 Å².